The molecule has 9 amide bonds. The van der Waals surface area contributed by atoms with Gasteiger partial charge in [0.25, 0.3) is 0 Å². The Morgan fingerprint density at radius 1 is 0.576 bits per heavy atom. The third-order valence-corrected chi connectivity index (χ3v) is 21.0. The molecule has 125 heavy (non-hydrogen) atoms. The number of hydrogen-bond acceptors (Lipinski definition) is 26. The van der Waals surface area contributed by atoms with E-state index in [0.29, 0.717) is 181 Å². The summed E-state index contributed by atoms with van der Waals surface area (Å²) in [6, 6.07) is 4.61. The van der Waals surface area contributed by atoms with Gasteiger partial charge in [0.15, 0.2) is 40.5 Å². The molecular formula is C86H142F2N18O19. The lowest BCUT2D eigenvalue weighted by Gasteiger charge is -2.36. The highest BCUT2D eigenvalue weighted by atomic mass is 19.1. The fourth-order valence-electron chi connectivity index (χ4n) is 14.3. The van der Waals surface area contributed by atoms with Crippen molar-refractivity contribution in [1.29, 1.82) is 0 Å². The number of phenols is 2. The van der Waals surface area contributed by atoms with Crippen LogP contribution in [0.5, 0.6) is 23.0 Å². The second kappa shape index (κ2) is 59.9. The van der Waals surface area contributed by atoms with Gasteiger partial charge >= 0.3 is 5.97 Å². The largest absolute Gasteiger partial charge is 0.505 e. The number of nitrogens with one attached hydrogen (secondary N) is 11. The molecule has 3 aromatic rings. The fourth-order valence-corrected chi connectivity index (χ4v) is 14.3. The van der Waals surface area contributed by atoms with Crippen LogP contribution in [-0.4, -0.2) is 284 Å². The molecule has 3 aromatic carbocycles. The van der Waals surface area contributed by atoms with Crippen molar-refractivity contribution in [2.45, 2.75) is 231 Å². The number of nitrogens with zero attached hydrogens (tertiary/aromatic N) is 3. The number of unbranched alkanes of at least 4 members (excludes halogenated alkanes) is 4. The maximum absolute atomic E-state index is 14.2. The number of carbonyl (C=O) groups excluding carboxylic acids is 11. The van der Waals surface area contributed by atoms with Crippen LogP contribution in [0.4, 0.5) is 8.78 Å². The minimum atomic E-state index is -1.67. The number of ketones is 1. The number of esters is 1. The smallest absolute Gasteiger partial charge is 0.340 e. The lowest BCUT2D eigenvalue weighted by atomic mass is 9.77. The van der Waals surface area contributed by atoms with E-state index in [2.05, 4.69) is 63.5 Å². The molecule has 9 atom stereocenters. The molecule has 0 bridgehead atoms. The first-order valence-corrected chi connectivity index (χ1v) is 43.2. The number of guanidine groups is 1. The second-order valence-corrected chi connectivity index (χ2v) is 30.3. The third kappa shape index (κ3) is 36.2. The number of aliphatic imine (C=N–C) groups is 1. The Hall–Kier alpha value is -9.84. The van der Waals surface area contributed by atoms with E-state index in [-0.39, 0.29) is 89.5 Å². The summed E-state index contributed by atoms with van der Waals surface area (Å²) in [4.78, 5) is 147. The fraction of sp³-hybridized carbons (Fsp3) is 0.651. The van der Waals surface area contributed by atoms with E-state index >= 15 is 0 Å². The van der Waals surface area contributed by atoms with E-state index in [4.69, 9.17) is 46.6 Å². The molecule has 4 aliphatic heterocycles. The monoisotopic (exact) mass is 1770 g/mol. The molecule has 37 nitrogen and oxygen atoms in total. The van der Waals surface area contributed by atoms with Crippen LogP contribution in [0.25, 0.3) is 0 Å². The Morgan fingerprint density at radius 2 is 1.06 bits per heavy atom. The summed E-state index contributed by atoms with van der Waals surface area (Å²) >= 11 is 0. The van der Waals surface area contributed by atoms with Gasteiger partial charge in [-0.05, 0) is 195 Å². The highest BCUT2D eigenvalue weighted by molar-refractivity contribution is 5.98. The predicted octanol–water partition coefficient (Wildman–Crippen LogP) is 1.94. The van der Waals surface area contributed by atoms with Crippen LogP contribution in [0.2, 0.25) is 0 Å². The van der Waals surface area contributed by atoms with Crippen LogP contribution < -0.4 is 86.2 Å². The number of aliphatic hydroxyl groups is 1. The van der Waals surface area contributed by atoms with Crippen LogP contribution >= 0.6 is 0 Å². The summed E-state index contributed by atoms with van der Waals surface area (Å²) in [6.45, 7) is 15.4. The van der Waals surface area contributed by atoms with Gasteiger partial charge in [-0.2, -0.15) is 0 Å². The van der Waals surface area contributed by atoms with Crippen LogP contribution in [-0.2, 0) is 72.5 Å². The number of halogens is 2. The minimum Gasteiger partial charge on any atom is -0.505 e. The number of likely N-dealkylation sites (tertiary alicyclic amines) is 2. The average Bonchev–Trinajstić information content (AvgIpc) is 1.59. The van der Waals surface area contributed by atoms with E-state index in [0.717, 1.165) is 75.9 Å². The predicted molar refractivity (Wildman–Crippen MR) is 469 cm³/mol. The maximum atomic E-state index is 14.2. The number of aliphatic hydroxyl groups excluding tert-OH is 1. The number of likely N-dealkylation sites (N-methyl/N-ethyl adjacent to an activating group) is 2. The number of benzene rings is 3. The van der Waals surface area contributed by atoms with E-state index in [1.54, 1.807) is 38.4 Å². The van der Waals surface area contributed by atoms with Crippen LogP contribution in [0.3, 0.4) is 0 Å². The first kappa shape index (κ1) is 109. The Kier molecular flexibility index (Phi) is 52.4. The summed E-state index contributed by atoms with van der Waals surface area (Å²) in [6.07, 6.45) is 11.3. The number of carbonyl (C=O) groups is 11. The standard InChI is InChI=1S/C36H73N9O8.C27H49N9O6.C20H10F2O5.C2H6.CH4/c1-29(46)41-20-12-22-51-24-26-53-27-25-52-23-13-21-42-33(47)28-44-35(49)32(45-36(50)31(40-5)15-7-10-18-38-3)16-8-11-19-43-34(48)30(39-4)14-6-9-17-37-2;1-16(37)18(9-5-13-32-27(30)31)33-23(39)20-10-6-14-35(20)26(42)21-11-7-15-36(21)25(41)19(8-3-4-12-28)34-24(40)22(29)17(2)38;21-13-5-11-17(7-15(13)23)26-18-8-16(24)14(22)6-12(18)20(11)10-4-2-1-3-9(10)19(25)27-20;1-2;/h30-32,37-40H,6-28H2,1-5H3,(H,41,46)(H,42,47)(H,43,48)(H,44,49)(H,45,50);17-22,38H,3-15,28-29H2,1-2H3,(H,33,39)(H,34,40)(H4,30,31,32);1-8,23-24H;1-2H3;1H4/t30-,31-,32+;17-,18+,19+,20-,21+,22-;;;/m01.../s1. The number of ether oxygens (including phenoxy) is 5. The average molecular weight is 1770 g/mol. The van der Waals surface area contributed by atoms with E-state index in [9.17, 15) is 76.8 Å². The topological polar surface area (TPSA) is 550 Å². The molecule has 2 fully saturated rings. The molecule has 4 aliphatic rings. The SMILES string of the molecule is C.CC.CC(=O)[C@H](CCCN=C(N)N)NC(=O)[C@H]1CCCN1C(=O)[C@@H]1CCCN1C(=O)[C@H](CCCCN)NC(=O)[C@H](N)[C@@H](C)O.CNCCCC[C@H](NC)C(=O)NCCCC[C@@H](NC(=O)[C@H](CCCCNC)NC)C(=O)NCC(=O)NCCCOCCOCCOCCCNC(C)=O.O=C1OC2(c3cc(F)c(O)cc3Oc3cc(O)c(F)cc32)c2ccccc21. The van der Waals surface area contributed by atoms with Gasteiger partial charge in [-0.1, -0.05) is 52.3 Å². The third-order valence-electron chi connectivity index (χ3n) is 21.0. The number of aromatic hydroxyl groups is 2. The number of Topliss-reactive ketones (excluding diaryl/α,β-unsaturated/α-hetero) is 1. The van der Waals surface area contributed by atoms with E-state index in [1.807, 2.05) is 27.9 Å². The molecule has 0 radical (unpaired) electrons. The zero-order valence-corrected chi connectivity index (χ0v) is 73.6. The quantitative estimate of drug-likeness (QED) is 0.0166. The van der Waals surface area contributed by atoms with E-state index < -0.39 is 107 Å². The Labute approximate surface area is 733 Å². The lowest BCUT2D eigenvalue weighted by molar-refractivity contribution is -0.148. The molecule has 39 heteroatoms. The van der Waals surface area contributed by atoms with Gasteiger partial charge < -0.3 is 130 Å². The Bertz CT molecular complexity index is 3830. The zero-order chi connectivity index (χ0) is 91.7. The lowest BCUT2D eigenvalue weighted by Crippen LogP contribution is -2.58. The number of nitrogens with two attached hydrogens (primary N) is 4. The number of rotatable bonds is 53. The molecular weight excluding hydrogens is 1630 g/mol. The van der Waals surface area contributed by atoms with Gasteiger partial charge in [0, 0.05) is 77.1 Å². The van der Waals surface area contributed by atoms with Gasteiger partial charge in [-0.25, -0.2) is 13.6 Å². The molecule has 1 spiro atoms. The highest BCUT2D eigenvalue weighted by Crippen LogP contribution is 2.57. The van der Waals surface area contributed by atoms with Crippen molar-refractivity contribution in [3.05, 3.63) is 82.4 Å². The highest BCUT2D eigenvalue weighted by Gasteiger charge is 2.55. The summed E-state index contributed by atoms with van der Waals surface area (Å²) in [7, 11) is 7.30. The van der Waals surface area contributed by atoms with Gasteiger partial charge in [0.05, 0.1) is 73.9 Å². The normalized spacial score (nSPS) is 16.0. The first-order valence-electron chi connectivity index (χ1n) is 43.2. The van der Waals surface area contributed by atoms with Crippen molar-refractivity contribution in [3.63, 3.8) is 0 Å². The summed E-state index contributed by atoms with van der Waals surface area (Å²) in [5.41, 5.74) is 21.2. The number of hydrogen-bond donors (Lipinski definition) is 18. The van der Waals surface area contributed by atoms with E-state index in [1.165, 1.54) is 30.6 Å². The van der Waals surface area contributed by atoms with Crippen LogP contribution in [0, 0.1) is 11.6 Å². The Morgan fingerprint density at radius 3 is 1.61 bits per heavy atom. The Balaban J connectivity index is 0.000000497. The summed E-state index contributed by atoms with van der Waals surface area (Å²) in [5, 5.41) is 61.0. The number of fused-ring (bicyclic) bond motifs is 6. The molecule has 0 saturated carbocycles. The van der Waals surface area contributed by atoms with Crippen molar-refractivity contribution in [3.8, 4) is 23.0 Å². The van der Waals surface area contributed by atoms with Crippen molar-refractivity contribution in [2.24, 2.45) is 27.9 Å². The minimum absolute atomic E-state index is 0. The summed E-state index contributed by atoms with van der Waals surface area (Å²) < 4.78 is 56.1. The van der Waals surface area contributed by atoms with Gasteiger partial charge in [0.1, 0.15) is 41.7 Å². The molecule has 2 saturated heterocycles. The molecule has 4 heterocycles. The molecule has 7 rings (SSSR count). The van der Waals surface area contributed by atoms with Crippen LogP contribution in [0.15, 0.2) is 53.5 Å². The molecule has 0 aliphatic carbocycles. The number of phenolic OH excluding ortho intramolecular Hbond substituents is 2. The van der Waals surface area contributed by atoms with Crippen molar-refractivity contribution in [2.75, 3.05) is 133 Å². The van der Waals surface area contributed by atoms with Crippen molar-refractivity contribution < 1.29 is 101 Å². The maximum Gasteiger partial charge on any atom is 0.340 e. The first-order chi connectivity index (χ1) is 59.5. The van der Waals surface area contributed by atoms with Gasteiger partial charge in [-0.3, -0.25) is 52.9 Å². The van der Waals surface area contributed by atoms with Gasteiger partial charge in [-0.15, -0.1) is 0 Å². The van der Waals surface area contributed by atoms with Crippen molar-refractivity contribution in [1.82, 2.24) is 68.3 Å². The molecule has 22 N–H and O–H groups in total. The molecule has 0 aromatic heterocycles. The van der Waals surface area contributed by atoms with Crippen LogP contribution in [0.1, 0.15) is 198 Å². The second-order valence-electron chi connectivity index (χ2n) is 30.3. The van der Waals surface area contributed by atoms with Crippen molar-refractivity contribution >= 4 is 70.9 Å². The van der Waals surface area contributed by atoms with Gasteiger partial charge in [0.2, 0.25) is 53.2 Å². The molecule has 704 valence electrons. The number of amides is 9. The zero-order valence-electron chi connectivity index (χ0n) is 73.6. The summed E-state index contributed by atoms with van der Waals surface area (Å²) in [5.74, 6) is -7.04. The molecule has 0 unspecified atom stereocenters.